The Hall–Kier alpha value is -4.14. The van der Waals surface area contributed by atoms with Gasteiger partial charge in [0.15, 0.2) is 11.4 Å². The first-order valence-electron chi connectivity index (χ1n) is 12.8. The number of aromatic nitrogens is 4. The second-order valence-corrected chi connectivity index (χ2v) is 16.6. The molecule has 0 unspecified atom stereocenters. The molecule has 0 aliphatic heterocycles. The van der Waals surface area contributed by atoms with Crippen LogP contribution >= 0.6 is 70.5 Å². The molecule has 28 heteroatoms. The van der Waals surface area contributed by atoms with E-state index >= 15 is 0 Å². The summed E-state index contributed by atoms with van der Waals surface area (Å²) < 4.78 is 108. The number of nitrogens with zero attached hydrogens (tertiary/aromatic N) is 4. The zero-order chi connectivity index (χ0) is 41.1. The van der Waals surface area contributed by atoms with E-state index in [4.69, 9.17) is 40.0 Å². The van der Waals surface area contributed by atoms with Crippen molar-refractivity contribution in [1.29, 1.82) is 0 Å². The smallest absolute Gasteiger partial charge is 0.433 e. The fourth-order valence-corrected chi connectivity index (χ4v) is 4.30. The third kappa shape index (κ3) is 10.5. The molecule has 0 saturated carbocycles. The summed E-state index contributed by atoms with van der Waals surface area (Å²) in [5.41, 5.74) is -12.7. The van der Waals surface area contributed by atoms with E-state index in [0.29, 0.717) is 24.3 Å². The van der Waals surface area contributed by atoms with E-state index in [0.717, 1.165) is 7.11 Å². The predicted molar refractivity (Wildman–Crippen MR) is 184 cm³/mol. The standard InChI is InChI=1S/C13H8ClF4N3O4.C12H6ClF4N3O4.BBr3/c1-25-11(23)5-2-8(7(15)3-6(5)14)20-10(22)4-9(13(16,17)18)21(19)12(20)24;13-5-2-6(14)7(1-4(5)10(22)23)19-9(21)3-8(12(15,16)17)20(18)11(19)24;2-1(3)4/h2-4H,19H2,1H3;1-3H,18H2,(H,22,23);. The Kier molecular flexibility index (Phi) is 14.7. The van der Waals surface area contributed by atoms with Gasteiger partial charge in [0, 0.05) is 12.1 Å². The van der Waals surface area contributed by atoms with Crippen LogP contribution in [0.5, 0.6) is 0 Å². The van der Waals surface area contributed by atoms with Crippen LogP contribution in [0.2, 0.25) is 10.0 Å². The molecule has 53 heavy (non-hydrogen) atoms. The largest absolute Gasteiger partial charge is 0.478 e. The molecule has 5 N–H and O–H groups in total. The number of ether oxygens (including phenoxy) is 1. The minimum Gasteiger partial charge on any atom is -0.478 e. The number of carboxylic acid groups (broad SMARTS) is 1. The minimum absolute atomic E-state index is 0.0180. The van der Waals surface area contributed by atoms with E-state index in [2.05, 4.69) is 52.0 Å². The molecule has 2 aromatic heterocycles. The Labute approximate surface area is 322 Å². The van der Waals surface area contributed by atoms with Gasteiger partial charge in [0.2, 0.25) is 0 Å². The topological polar surface area (TPSA) is 204 Å². The number of rotatable bonds is 4. The molecule has 0 bridgehead atoms. The van der Waals surface area contributed by atoms with E-state index in [1.54, 1.807) is 0 Å². The van der Waals surface area contributed by atoms with Crippen LogP contribution in [0.15, 0.2) is 55.6 Å². The number of halogens is 13. The summed E-state index contributed by atoms with van der Waals surface area (Å²) in [7, 11) is 0.999. The molecule has 0 aliphatic rings. The Bertz CT molecular complexity index is 2330. The number of carboxylic acids is 1. The summed E-state index contributed by atoms with van der Waals surface area (Å²) in [5, 5.41) is 8.00. The van der Waals surface area contributed by atoms with Gasteiger partial charge >= 0.3 is 38.9 Å². The molecule has 0 amide bonds. The summed E-state index contributed by atoms with van der Waals surface area (Å²) in [5.74, 6) is 4.92. The fourth-order valence-electron chi connectivity index (χ4n) is 3.84. The summed E-state index contributed by atoms with van der Waals surface area (Å²) in [6.45, 7) is 0. The number of nitrogen functional groups attached to an aromatic ring is 2. The van der Waals surface area contributed by atoms with Crippen molar-refractivity contribution < 1.29 is 54.6 Å². The number of carbonyl (C=O) groups is 2. The maximum atomic E-state index is 14.1. The van der Waals surface area contributed by atoms with Crippen molar-refractivity contribution in [3.63, 3.8) is 0 Å². The molecular weight excluding hydrogens is 986 g/mol. The minimum atomic E-state index is -5.10. The summed E-state index contributed by atoms with van der Waals surface area (Å²) in [6, 6.07) is 2.34. The van der Waals surface area contributed by atoms with Crippen molar-refractivity contribution in [3.8, 4) is 11.4 Å². The number of benzene rings is 2. The van der Waals surface area contributed by atoms with E-state index in [9.17, 15) is 63.9 Å². The number of aromatic carboxylic acids is 1. The van der Waals surface area contributed by atoms with Crippen molar-refractivity contribution in [1.82, 2.24) is 18.5 Å². The normalized spacial score (nSPS) is 11.1. The Morgan fingerprint density at radius 1 is 0.717 bits per heavy atom. The van der Waals surface area contributed by atoms with Crippen LogP contribution in [-0.4, -0.2) is 45.8 Å². The van der Waals surface area contributed by atoms with E-state index < -0.39 is 102 Å². The lowest BCUT2D eigenvalue weighted by atomic mass is 10.2. The van der Waals surface area contributed by atoms with E-state index in [1.165, 1.54) is 0 Å². The average Bonchev–Trinajstić information content (AvgIpc) is 3.01. The first-order chi connectivity index (χ1) is 24.2. The zero-order valence-corrected chi connectivity index (χ0v) is 31.5. The molecular formula is C25H14BBr3Cl2F8N6O8. The van der Waals surface area contributed by atoms with Crippen LogP contribution < -0.4 is 34.2 Å². The Morgan fingerprint density at radius 2 is 1.04 bits per heavy atom. The molecule has 4 rings (SSSR count). The zero-order valence-electron chi connectivity index (χ0n) is 25.2. The van der Waals surface area contributed by atoms with E-state index in [1.807, 2.05) is 0 Å². The predicted octanol–water partition coefficient (Wildman–Crippen LogP) is 4.69. The lowest BCUT2D eigenvalue weighted by Crippen LogP contribution is -2.45. The van der Waals surface area contributed by atoms with Gasteiger partial charge in [-0.1, -0.05) is 23.2 Å². The molecule has 286 valence electrons. The molecule has 14 nitrogen and oxygen atoms in total. The number of methoxy groups -OCH3 is 1. The lowest BCUT2D eigenvalue weighted by Gasteiger charge is -2.14. The van der Waals surface area contributed by atoms with Gasteiger partial charge in [-0.05, 0) is 24.3 Å². The summed E-state index contributed by atoms with van der Waals surface area (Å²) in [4.78, 5) is 70.3. The number of nitrogens with two attached hydrogens (primary N) is 2. The maximum Gasteiger partial charge on any atom is 0.433 e. The van der Waals surface area contributed by atoms with Gasteiger partial charge in [-0.3, -0.25) is 9.59 Å². The number of alkyl halides is 6. The van der Waals surface area contributed by atoms with Gasteiger partial charge in [0.1, 0.15) is 11.6 Å². The second-order valence-electron chi connectivity index (χ2n) is 9.32. The lowest BCUT2D eigenvalue weighted by molar-refractivity contribution is -0.144. The highest BCUT2D eigenvalue weighted by molar-refractivity contribution is 9.69. The highest BCUT2D eigenvalue weighted by Gasteiger charge is 2.37. The molecule has 0 saturated heterocycles. The third-order valence-corrected chi connectivity index (χ3v) is 6.67. The molecule has 4 aromatic rings. The maximum absolute atomic E-state index is 14.1. The number of carbonyl (C=O) groups excluding carboxylic acids is 1. The van der Waals surface area contributed by atoms with Gasteiger partial charge in [-0.2, -0.15) is 26.3 Å². The van der Waals surface area contributed by atoms with Crippen LogP contribution in [0.3, 0.4) is 0 Å². The quantitative estimate of drug-likeness (QED) is 0.111. The monoisotopic (exact) mass is 996 g/mol. The first kappa shape index (κ1) is 45.0. The highest BCUT2D eigenvalue weighted by Crippen LogP contribution is 2.29. The molecule has 0 fully saturated rings. The van der Waals surface area contributed by atoms with Crippen LogP contribution in [0.4, 0.5) is 35.1 Å². The van der Waals surface area contributed by atoms with Gasteiger partial charge in [0.25, 0.3) is 11.1 Å². The Balaban J connectivity index is 0.000000333. The second kappa shape index (κ2) is 17.3. The summed E-state index contributed by atoms with van der Waals surface area (Å²) in [6.07, 6.45) is -10.2. The molecule has 0 spiro atoms. The van der Waals surface area contributed by atoms with Crippen LogP contribution in [-0.2, 0) is 17.1 Å². The highest BCUT2D eigenvalue weighted by atomic mass is 79.9. The van der Waals surface area contributed by atoms with Crippen molar-refractivity contribution >= 4 is 85.6 Å². The average molecular weight is 1000 g/mol. The Morgan fingerprint density at radius 3 is 1.34 bits per heavy atom. The van der Waals surface area contributed by atoms with Crippen molar-refractivity contribution in [2.24, 2.45) is 0 Å². The molecule has 2 aromatic carbocycles. The van der Waals surface area contributed by atoms with Gasteiger partial charge < -0.3 is 21.5 Å². The first-order valence-corrected chi connectivity index (χ1v) is 16.3. The SMILES string of the molecule is BrB(Br)Br.COC(=O)c1cc(-n2c(=O)cc(C(F)(F)F)n(N)c2=O)c(F)cc1Cl.Nn1c(C(F)(F)F)cc(=O)n(-c2cc(C(=O)O)c(Cl)cc2F)c1=O. The molecule has 0 radical (unpaired) electrons. The van der Waals surface area contributed by atoms with Crippen molar-refractivity contribution in [2.45, 2.75) is 12.4 Å². The van der Waals surface area contributed by atoms with Gasteiger partial charge in [-0.25, -0.2) is 46.4 Å². The third-order valence-electron chi connectivity index (χ3n) is 6.05. The molecule has 0 atom stereocenters. The van der Waals surface area contributed by atoms with Crippen LogP contribution in [0, 0.1) is 11.6 Å². The summed E-state index contributed by atoms with van der Waals surface area (Å²) >= 11 is 20.5. The van der Waals surface area contributed by atoms with Crippen LogP contribution in [0.25, 0.3) is 11.4 Å². The molecule has 2 heterocycles. The van der Waals surface area contributed by atoms with Gasteiger partial charge in [-0.15, -0.1) is 47.3 Å². The van der Waals surface area contributed by atoms with E-state index in [-0.39, 0.29) is 34.2 Å². The number of esters is 1. The number of hydrogen-bond donors (Lipinski definition) is 3. The molecule has 0 aliphatic carbocycles. The fraction of sp³-hybridized carbons (Fsp3) is 0.120. The number of hydrogen-bond acceptors (Lipinski definition) is 9. The van der Waals surface area contributed by atoms with Gasteiger partial charge in [0.05, 0.1) is 39.7 Å². The van der Waals surface area contributed by atoms with Crippen molar-refractivity contribution in [2.75, 3.05) is 18.8 Å². The van der Waals surface area contributed by atoms with Crippen molar-refractivity contribution in [3.05, 3.63) is 122 Å². The van der Waals surface area contributed by atoms with Crippen LogP contribution in [0.1, 0.15) is 32.1 Å².